The van der Waals surface area contributed by atoms with Crippen molar-refractivity contribution in [3.63, 3.8) is 0 Å². The van der Waals surface area contributed by atoms with Crippen LogP contribution in [0.5, 0.6) is 5.75 Å². The highest BCUT2D eigenvalue weighted by Gasteiger charge is 2.29. The van der Waals surface area contributed by atoms with Crippen LogP contribution in [0, 0.1) is 11.3 Å². The minimum atomic E-state index is -0.926. The monoisotopic (exact) mass is 511 g/mol. The number of carbonyl (C=O) groups is 1. The smallest absolute Gasteiger partial charge is 0.319 e. The molecule has 0 radical (unpaired) electrons. The van der Waals surface area contributed by atoms with Gasteiger partial charge in [0, 0.05) is 37.3 Å². The highest BCUT2D eigenvalue weighted by molar-refractivity contribution is 8.03. The first-order chi connectivity index (χ1) is 16.8. The Hall–Kier alpha value is -3.16. The van der Waals surface area contributed by atoms with Crippen molar-refractivity contribution in [2.45, 2.75) is 49.1 Å². The molecule has 3 aromatic rings. The largest absolute Gasteiger partial charge is 0.494 e. The molecule has 1 aromatic carbocycles. The van der Waals surface area contributed by atoms with E-state index < -0.39 is 10.7 Å². The first kappa shape index (κ1) is 26.4. The summed E-state index contributed by atoms with van der Waals surface area (Å²) >= 11 is 2.73. The van der Waals surface area contributed by atoms with Crippen LogP contribution in [-0.2, 0) is 17.6 Å². The fourth-order valence-electron chi connectivity index (χ4n) is 3.04. The van der Waals surface area contributed by atoms with Gasteiger partial charge in [0.25, 0.3) is 0 Å². The number of thiazole rings is 1. The summed E-state index contributed by atoms with van der Waals surface area (Å²) in [5, 5.41) is 20.3. The Labute approximate surface area is 214 Å². The third kappa shape index (κ3) is 7.94. The minimum absolute atomic E-state index is 0.525. The van der Waals surface area contributed by atoms with E-state index in [0.717, 1.165) is 34.2 Å². The molecule has 2 aromatic heterocycles. The highest BCUT2D eigenvalue weighted by atomic mass is 32.2. The average Bonchev–Trinajstić information content (AvgIpc) is 3.30. The zero-order chi connectivity index (χ0) is 25.3. The Morgan fingerprint density at radius 3 is 2.57 bits per heavy atom. The lowest BCUT2D eigenvalue weighted by molar-refractivity contribution is -0.138. The number of thioether (sulfide) groups is 1. The summed E-state index contributed by atoms with van der Waals surface area (Å²) in [5.74, 6) is 0.537. The van der Waals surface area contributed by atoms with E-state index in [1.165, 1.54) is 23.1 Å². The van der Waals surface area contributed by atoms with Crippen molar-refractivity contribution < 1.29 is 14.6 Å². The van der Waals surface area contributed by atoms with Gasteiger partial charge in [-0.2, -0.15) is 5.26 Å². The summed E-state index contributed by atoms with van der Waals surface area (Å²) in [7, 11) is 0. The van der Waals surface area contributed by atoms with Crippen LogP contribution in [0.1, 0.15) is 44.0 Å². The van der Waals surface area contributed by atoms with Gasteiger partial charge in [-0.05, 0) is 56.5 Å². The molecule has 184 valence electrons. The molecule has 0 unspecified atom stereocenters. The van der Waals surface area contributed by atoms with Gasteiger partial charge in [-0.25, -0.2) is 15.0 Å². The second kappa shape index (κ2) is 12.5. The number of aromatic nitrogens is 3. The Morgan fingerprint density at radius 2 is 1.94 bits per heavy atom. The summed E-state index contributed by atoms with van der Waals surface area (Å²) in [4.78, 5) is 27.2. The Balaban J connectivity index is 1.59. The lowest BCUT2D eigenvalue weighted by Gasteiger charge is -2.22. The Bertz CT molecular complexity index is 1140. The van der Waals surface area contributed by atoms with Crippen molar-refractivity contribution in [1.82, 2.24) is 15.0 Å². The van der Waals surface area contributed by atoms with Crippen molar-refractivity contribution in [2.75, 3.05) is 24.6 Å². The molecule has 3 rings (SSSR count). The molecule has 0 spiro atoms. The molecule has 0 atom stereocenters. The summed E-state index contributed by atoms with van der Waals surface area (Å²) in [6.07, 6.45) is 6.05. The molecule has 0 amide bonds. The number of aryl methyl sites for hydroxylation is 1. The van der Waals surface area contributed by atoms with Gasteiger partial charge in [0.15, 0.2) is 4.34 Å². The number of hydrogen-bond donors (Lipinski definition) is 1. The van der Waals surface area contributed by atoms with E-state index >= 15 is 0 Å². The summed E-state index contributed by atoms with van der Waals surface area (Å²) < 4.78 is 5.64. The van der Waals surface area contributed by atoms with Crippen molar-refractivity contribution in [2.24, 2.45) is 0 Å². The first-order valence-electron chi connectivity index (χ1n) is 11.4. The summed E-state index contributed by atoms with van der Waals surface area (Å²) in [6.45, 7) is 7.34. The second-order valence-corrected chi connectivity index (χ2v) is 11.1. The van der Waals surface area contributed by atoms with E-state index in [1.807, 2.05) is 17.8 Å². The summed E-state index contributed by atoms with van der Waals surface area (Å²) in [6, 6.07) is 9.17. The van der Waals surface area contributed by atoms with Crippen molar-refractivity contribution in [3.05, 3.63) is 58.9 Å². The van der Waals surface area contributed by atoms with Crippen LogP contribution in [0.3, 0.4) is 0 Å². The minimum Gasteiger partial charge on any atom is -0.494 e. The van der Waals surface area contributed by atoms with Gasteiger partial charge >= 0.3 is 5.97 Å². The van der Waals surface area contributed by atoms with E-state index in [9.17, 15) is 9.90 Å². The molecule has 0 saturated heterocycles. The van der Waals surface area contributed by atoms with Gasteiger partial charge in [-0.15, -0.1) is 11.3 Å². The molecular formula is C25H29N5O3S2. The third-order valence-electron chi connectivity index (χ3n) is 5.23. The van der Waals surface area contributed by atoms with Crippen LogP contribution >= 0.6 is 23.1 Å². The number of ether oxygens (including phenoxy) is 1. The number of carboxylic acids is 1. The maximum Gasteiger partial charge on any atom is 0.319 e. The lowest BCUT2D eigenvalue weighted by atomic mass is 10.2. The molecule has 0 aliphatic carbocycles. The molecule has 1 N–H and O–H groups in total. The molecular weight excluding hydrogens is 482 g/mol. The van der Waals surface area contributed by atoms with E-state index in [4.69, 9.17) is 10.00 Å². The zero-order valence-electron chi connectivity index (χ0n) is 20.1. The zero-order valence-corrected chi connectivity index (χ0v) is 21.7. The number of anilines is 1. The molecule has 2 heterocycles. The van der Waals surface area contributed by atoms with Crippen LogP contribution < -0.4 is 9.64 Å². The number of nitriles is 1. The van der Waals surface area contributed by atoms with Gasteiger partial charge in [-0.1, -0.05) is 18.7 Å². The molecule has 0 saturated carbocycles. The van der Waals surface area contributed by atoms with E-state index in [-0.39, 0.29) is 0 Å². The van der Waals surface area contributed by atoms with Crippen LogP contribution in [-0.4, -0.2) is 50.5 Å². The van der Waals surface area contributed by atoms with E-state index in [0.29, 0.717) is 37.6 Å². The average molecular weight is 512 g/mol. The van der Waals surface area contributed by atoms with Crippen LogP contribution in [0.15, 0.2) is 46.4 Å². The quantitative estimate of drug-likeness (QED) is 0.254. The standard InChI is InChI=1S/C25H29N5O3S2/c1-4-18-15-27-23(28-16-18)30(11-5-13-33-21-8-6-19(14-26)7-9-21)12-10-20-17-34-24(29-20)35-25(2,3)22(31)32/h6-9,15-17H,4-5,10-13H2,1-3H3,(H,31,32). The molecule has 35 heavy (non-hydrogen) atoms. The van der Waals surface area contributed by atoms with Crippen molar-refractivity contribution in [1.29, 1.82) is 5.26 Å². The number of benzene rings is 1. The topological polar surface area (TPSA) is 112 Å². The van der Waals surface area contributed by atoms with Crippen molar-refractivity contribution >= 4 is 35.0 Å². The number of carboxylic acid groups (broad SMARTS) is 1. The van der Waals surface area contributed by atoms with E-state index in [1.54, 1.807) is 38.1 Å². The summed E-state index contributed by atoms with van der Waals surface area (Å²) in [5.41, 5.74) is 2.61. The third-order valence-corrected chi connectivity index (χ3v) is 7.41. The number of rotatable bonds is 13. The number of nitrogens with zero attached hydrogens (tertiary/aromatic N) is 5. The van der Waals surface area contributed by atoms with Gasteiger partial charge in [-0.3, -0.25) is 4.79 Å². The predicted molar refractivity (Wildman–Crippen MR) is 138 cm³/mol. The second-order valence-electron chi connectivity index (χ2n) is 8.34. The molecule has 0 fully saturated rings. The predicted octanol–water partition coefficient (Wildman–Crippen LogP) is 4.84. The SMILES string of the molecule is CCc1cnc(N(CCCOc2ccc(C#N)cc2)CCc2csc(SC(C)(C)C(=O)O)n2)nc1. The molecule has 0 aliphatic heterocycles. The molecule has 8 nitrogen and oxygen atoms in total. The fourth-order valence-corrected chi connectivity index (χ4v) is 5.26. The van der Waals surface area contributed by atoms with Gasteiger partial charge in [0.05, 0.1) is 23.9 Å². The van der Waals surface area contributed by atoms with Crippen LogP contribution in [0.25, 0.3) is 0 Å². The van der Waals surface area contributed by atoms with Crippen LogP contribution in [0.2, 0.25) is 0 Å². The molecule has 0 bridgehead atoms. The van der Waals surface area contributed by atoms with Gasteiger partial charge in [0.1, 0.15) is 10.5 Å². The first-order valence-corrected chi connectivity index (χ1v) is 13.1. The van der Waals surface area contributed by atoms with Crippen LogP contribution in [0.4, 0.5) is 5.95 Å². The maximum atomic E-state index is 11.4. The van der Waals surface area contributed by atoms with Crippen molar-refractivity contribution in [3.8, 4) is 11.8 Å². The van der Waals surface area contributed by atoms with Gasteiger partial charge < -0.3 is 14.7 Å². The fraction of sp³-hybridized carbons (Fsp3) is 0.400. The Kier molecular flexibility index (Phi) is 9.46. The lowest BCUT2D eigenvalue weighted by Crippen LogP contribution is -2.30. The number of aliphatic carboxylic acids is 1. The molecule has 0 aliphatic rings. The molecule has 10 heteroatoms. The highest BCUT2D eigenvalue weighted by Crippen LogP contribution is 2.34. The van der Waals surface area contributed by atoms with E-state index in [2.05, 4.69) is 32.8 Å². The maximum absolute atomic E-state index is 11.4. The number of hydrogen-bond acceptors (Lipinski definition) is 9. The Morgan fingerprint density at radius 1 is 1.23 bits per heavy atom. The van der Waals surface area contributed by atoms with Gasteiger partial charge in [0.2, 0.25) is 5.95 Å². The normalized spacial score (nSPS) is 11.1.